The molecule has 114 valence electrons. The van der Waals surface area contributed by atoms with E-state index in [1.807, 2.05) is 13.8 Å². The van der Waals surface area contributed by atoms with Crippen LogP contribution in [0.15, 0.2) is 17.0 Å². The van der Waals surface area contributed by atoms with Gasteiger partial charge in [0.2, 0.25) is 0 Å². The predicted octanol–water partition coefficient (Wildman–Crippen LogP) is 3.57. The molecule has 1 N–H and O–H groups in total. The number of sulfonamides is 1. The molecule has 0 aliphatic heterocycles. The Hall–Kier alpha value is -1.47. The van der Waals surface area contributed by atoms with Crippen LogP contribution in [-0.4, -0.2) is 13.4 Å². The van der Waals surface area contributed by atoms with E-state index < -0.39 is 15.8 Å². The highest BCUT2D eigenvalue weighted by Gasteiger charge is 2.22. The molecule has 0 saturated carbocycles. The van der Waals surface area contributed by atoms with E-state index in [4.69, 9.17) is 0 Å². The monoisotopic (exact) mass is 328 g/mol. The second kappa shape index (κ2) is 5.73. The molecule has 0 unspecified atom stereocenters. The third kappa shape index (κ3) is 3.24. The minimum Gasteiger partial charge on any atom is -0.255 e. The highest BCUT2D eigenvalue weighted by Crippen LogP contribution is 2.27. The Balaban J connectivity index is 2.43. The van der Waals surface area contributed by atoms with Gasteiger partial charge in [0.1, 0.15) is 5.82 Å². The summed E-state index contributed by atoms with van der Waals surface area (Å²) in [6, 6.07) is 2.43. The second-order valence-electron chi connectivity index (χ2n) is 4.85. The van der Waals surface area contributed by atoms with Crippen molar-refractivity contribution in [1.82, 2.24) is 4.98 Å². The molecular formula is C14H17FN2O2S2. The van der Waals surface area contributed by atoms with Crippen LogP contribution in [-0.2, 0) is 16.4 Å². The number of benzene rings is 1. The van der Waals surface area contributed by atoms with E-state index >= 15 is 0 Å². The van der Waals surface area contributed by atoms with Crippen molar-refractivity contribution in [2.45, 2.75) is 39.0 Å². The fourth-order valence-electron chi connectivity index (χ4n) is 2.29. The van der Waals surface area contributed by atoms with Gasteiger partial charge >= 0.3 is 0 Å². The summed E-state index contributed by atoms with van der Waals surface area (Å²) in [5, 5.41) is 0.340. The molecule has 0 aliphatic carbocycles. The lowest BCUT2D eigenvalue weighted by molar-refractivity contribution is 0.597. The van der Waals surface area contributed by atoms with Crippen LogP contribution in [0.5, 0.6) is 0 Å². The lowest BCUT2D eigenvalue weighted by Gasteiger charge is -2.11. The molecule has 0 aliphatic rings. The highest BCUT2D eigenvalue weighted by molar-refractivity contribution is 7.93. The average molecular weight is 328 g/mol. The molecule has 7 heteroatoms. The Kier molecular flexibility index (Phi) is 4.34. The van der Waals surface area contributed by atoms with E-state index in [2.05, 4.69) is 9.71 Å². The molecule has 21 heavy (non-hydrogen) atoms. The number of halogens is 1. The predicted molar refractivity (Wildman–Crippen MR) is 82.9 cm³/mol. The lowest BCUT2D eigenvalue weighted by Crippen LogP contribution is -2.16. The van der Waals surface area contributed by atoms with Gasteiger partial charge in [0.05, 0.1) is 10.6 Å². The van der Waals surface area contributed by atoms with Crippen LogP contribution < -0.4 is 4.72 Å². The summed E-state index contributed by atoms with van der Waals surface area (Å²) in [6.45, 7) is 7.03. The van der Waals surface area contributed by atoms with Gasteiger partial charge in [-0.05, 0) is 50.5 Å². The third-order valence-corrected chi connectivity index (χ3v) is 5.84. The topological polar surface area (TPSA) is 59.1 Å². The molecule has 1 aromatic carbocycles. The fourth-order valence-corrected chi connectivity index (χ4v) is 4.88. The Morgan fingerprint density at radius 2 is 1.81 bits per heavy atom. The van der Waals surface area contributed by atoms with Crippen molar-refractivity contribution in [1.29, 1.82) is 0 Å². The van der Waals surface area contributed by atoms with Crippen LogP contribution >= 0.6 is 11.3 Å². The van der Waals surface area contributed by atoms with Gasteiger partial charge in [-0.25, -0.2) is 17.8 Å². The zero-order valence-electron chi connectivity index (χ0n) is 12.3. The van der Waals surface area contributed by atoms with E-state index in [1.54, 1.807) is 13.8 Å². The SMILES string of the molecule is CCc1nc(NS(=O)(=O)c2c(C)cc(F)cc2C)sc1C. The molecule has 0 fully saturated rings. The van der Waals surface area contributed by atoms with Gasteiger partial charge in [-0.3, -0.25) is 4.72 Å². The lowest BCUT2D eigenvalue weighted by atomic mass is 10.1. The largest absolute Gasteiger partial charge is 0.264 e. The Morgan fingerprint density at radius 1 is 1.24 bits per heavy atom. The molecule has 0 radical (unpaired) electrons. The standard InChI is InChI=1S/C14H17FN2O2S2/c1-5-12-10(4)20-14(16-12)17-21(18,19)13-8(2)6-11(15)7-9(13)3/h6-7H,5H2,1-4H3,(H,16,17). The van der Waals surface area contributed by atoms with Crippen molar-refractivity contribution in [3.8, 4) is 0 Å². The van der Waals surface area contributed by atoms with Crippen LogP contribution in [0.2, 0.25) is 0 Å². The number of thiazole rings is 1. The Labute approximate surface area is 128 Å². The first-order valence-electron chi connectivity index (χ1n) is 6.50. The maximum atomic E-state index is 13.3. The first kappa shape index (κ1) is 15.9. The number of anilines is 1. The normalized spacial score (nSPS) is 11.7. The summed E-state index contributed by atoms with van der Waals surface area (Å²) in [5.74, 6) is -0.442. The van der Waals surface area contributed by atoms with Gasteiger partial charge in [0, 0.05) is 4.88 Å². The molecule has 2 aromatic rings. The van der Waals surface area contributed by atoms with Crippen molar-refractivity contribution in [2.75, 3.05) is 4.72 Å². The number of rotatable bonds is 4. The van der Waals surface area contributed by atoms with E-state index in [1.165, 1.54) is 23.5 Å². The molecule has 1 aromatic heterocycles. The van der Waals surface area contributed by atoms with Crippen molar-refractivity contribution in [2.24, 2.45) is 0 Å². The number of aryl methyl sites for hydroxylation is 4. The van der Waals surface area contributed by atoms with Gasteiger partial charge in [-0.1, -0.05) is 6.92 Å². The highest BCUT2D eigenvalue weighted by atomic mass is 32.2. The van der Waals surface area contributed by atoms with Crippen LogP contribution in [0.1, 0.15) is 28.6 Å². The van der Waals surface area contributed by atoms with E-state index in [-0.39, 0.29) is 4.90 Å². The van der Waals surface area contributed by atoms with Crippen molar-refractivity contribution >= 4 is 26.5 Å². The molecule has 0 saturated heterocycles. The summed E-state index contributed by atoms with van der Waals surface area (Å²) < 4.78 is 40.8. The minimum absolute atomic E-state index is 0.106. The number of hydrogen-bond acceptors (Lipinski definition) is 4. The summed E-state index contributed by atoms with van der Waals surface area (Å²) in [4.78, 5) is 5.36. The van der Waals surface area contributed by atoms with E-state index in [0.717, 1.165) is 17.0 Å². The molecule has 0 bridgehead atoms. The average Bonchev–Trinajstić information content (AvgIpc) is 2.66. The van der Waals surface area contributed by atoms with Gasteiger partial charge in [0.25, 0.3) is 10.0 Å². The van der Waals surface area contributed by atoms with Crippen molar-refractivity contribution in [3.63, 3.8) is 0 Å². The Bertz CT molecular complexity index is 759. The smallest absolute Gasteiger partial charge is 0.255 e. The molecule has 1 heterocycles. The van der Waals surface area contributed by atoms with E-state index in [9.17, 15) is 12.8 Å². The van der Waals surface area contributed by atoms with Gasteiger partial charge < -0.3 is 0 Å². The van der Waals surface area contributed by atoms with Crippen LogP contribution in [0, 0.1) is 26.6 Å². The first-order chi connectivity index (χ1) is 9.74. The maximum Gasteiger partial charge on any atom is 0.264 e. The fraction of sp³-hybridized carbons (Fsp3) is 0.357. The number of nitrogens with zero attached hydrogens (tertiary/aromatic N) is 1. The van der Waals surface area contributed by atoms with Crippen LogP contribution in [0.3, 0.4) is 0 Å². The first-order valence-corrected chi connectivity index (χ1v) is 8.80. The molecular weight excluding hydrogens is 311 g/mol. The summed E-state index contributed by atoms with van der Waals surface area (Å²) in [6.07, 6.45) is 0.749. The van der Waals surface area contributed by atoms with Gasteiger partial charge in [-0.2, -0.15) is 0 Å². The molecule has 4 nitrogen and oxygen atoms in total. The maximum absolute atomic E-state index is 13.3. The van der Waals surface area contributed by atoms with Crippen LogP contribution in [0.4, 0.5) is 9.52 Å². The minimum atomic E-state index is -3.77. The molecule has 0 spiro atoms. The molecule has 2 rings (SSSR count). The van der Waals surface area contributed by atoms with Crippen molar-refractivity contribution < 1.29 is 12.8 Å². The van der Waals surface area contributed by atoms with Crippen molar-refractivity contribution in [3.05, 3.63) is 39.6 Å². The molecule has 0 amide bonds. The Morgan fingerprint density at radius 3 is 2.29 bits per heavy atom. The van der Waals surface area contributed by atoms with Gasteiger partial charge in [-0.15, -0.1) is 11.3 Å². The number of hydrogen-bond donors (Lipinski definition) is 1. The number of nitrogens with one attached hydrogen (secondary N) is 1. The quantitative estimate of drug-likeness (QED) is 0.933. The second-order valence-corrected chi connectivity index (χ2v) is 7.67. The zero-order valence-corrected chi connectivity index (χ0v) is 14.0. The van der Waals surface area contributed by atoms with E-state index in [0.29, 0.717) is 16.3 Å². The zero-order chi connectivity index (χ0) is 15.8. The van der Waals surface area contributed by atoms with Gasteiger partial charge in [0.15, 0.2) is 5.13 Å². The molecule has 0 atom stereocenters. The number of aromatic nitrogens is 1. The van der Waals surface area contributed by atoms with Crippen LogP contribution in [0.25, 0.3) is 0 Å². The summed E-state index contributed by atoms with van der Waals surface area (Å²) >= 11 is 1.30. The summed E-state index contributed by atoms with van der Waals surface area (Å²) in [5.41, 5.74) is 1.64. The summed E-state index contributed by atoms with van der Waals surface area (Å²) in [7, 11) is -3.77. The third-order valence-electron chi connectivity index (χ3n) is 3.14.